The number of ether oxygens (including phenoxy) is 2. The first-order valence-corrected chi connectivity index (χ1v) is 5.88. The van der Waals surface area contributed by atoms with E-state index in [0.717, 1.165) is 18.7 Å². The summed E-state index contributed by atoms with van der Waals surface area (Å²) in [6, 6.07) is 5.11. The van der Waals surface area contributed by atoms with Crippen molar-refractivity contribution in [2.75, 3.05) is 31.4 Å². The maximum absolute atomic E-state index is 11.4. The molecule has 1 heterocycles. The minimum Gasteiger partial charge on any atom is -0.465 e. The van der Waals surface area contributed by atoms with Gasteiger partial charge in [-0.15, -0.1) is 0 Å². The van der Waals surface area contributed by atoms with Crippen LogP contribution in [0.5, 0.6) is 0 Å². The summed E-state index contributed by atoms with van der Waals surface area (Å²) in [6.07, 6.45) is 0.936. The Bertz CT molecular complexity index is 454. The third-order valence-corrected chi connectivity index (χ3v) is 3.13. The number of methoxy groups -OCH3 is 1. The van der Waals surface area contributed by atoms with Crippen LogP contribution in [0.15, 0.2) is 18.2 Å². The summed E-state index contributed by atoms with van der Waals surface area (Å²) >= 11 is 0. The van der Waals surface area contributed by atoms with Gasteiger partial charge in [-0.2, -0.15) is 0 Å². The van der Waals surface area contributed by atoms with Crippen molar-refractivity contribution in [1.29, 1.82) is 0 Å². The molecule has 18 heavy (non-hydrogen) atoms. The number of hydrogen-bond acceptors (Lipinski definition) is 5. The Labute approximate surface area is 106 Å². The van der Waals surface area contributed by atoms with Crippen molar-refractivity contribution in [3.05, 3.63) is 23.8 Å². The molecule has 1 aliphatic rings. The average molecular weight is 250 g/mol. The van der Waals surface area contributed by atoms with Gasteiger partial charge in [-0.1, -0.05) is 0 Å². The quantitative estimate of drug-likeness (QED) is 0.630. The predicted molar refractivity (Wildman–Crippen MR) is 69.7 cm³/mol. The smallest absolute Gasteiger partial charge is 0.337 e. The highest BCUT2D eigenvalue weighted by molar-refractivity contribution is 5.91. The van der Waals surface area contributed by atoms with Crippen LogP contribution in [0.3, 0.4) is 0 Å². The highest BCUT2D eigenvalue weighted by Gasteiger charge is 2.29. The molecule has 2 rings (SSSR count). The Morgan fingerprint density at radius 2 is 2.33 bits per heavy atom. The van der Waals surface area contributed by atoms with Crippen LogP contribution >= 0.6 is 0 Å². The second-order valence-electron chi connectivity index (χ2n) is 4.78. The van der Waals surface area contributed by atoms with Crippen molar-refractivity contribution in [3.63, 3.8) is 0 Å². The first-order valence-electron chi connectivity index (χ1n) is 5.88. The fourth-order valence-electron chi connectivity index (χ4n) is 2.01. The number of benzene rings is 1. The van der Waals surface area contributed by atoms with Crippen molar-refractivity contribution in [2.45, 2.75) is 18.9 Å². The SMILES string of the molecule is COC(=O)c1ccc(NC2(C)CCOC2)c(N)c1. The van der Waals surface area contributed by atoms with Gasteiger partial charge in [-0.05, 0) is 31.5 Å². The number of nitrogen functional groups attached to an aromatic ring is 1. The van der Waals surface area contributed by atoms with E-state index in [4.69, 9.17) is 10.5 Å². The number of nitrogens with two attached hydrogens (primary N) is 1. The van der Waals surface area contributed by atoms with E-state index >= 15 is 0 Å². The van der Waals surface area contributed by atoms with Crippen LogP contribution in [0.1, 0.15) is 23.7 Å². The monoisotopic (exact) mass is 250 g/mol. The van der Waals surface area contributed by atoms with Crippen LogP contribution in [-0.4, -0.2) is 31.8 Å². The molecule has 1 unspecified atom stereocenters. The zero-order valence-electron chi connectivity index (χ0n) is 10.7. The van der Waals surface area contributed by atoms with Gasteiger partial charge in [-0.25, -0.2) is 4.79 Å². The first kappa shape index (κ1) is 12.7. The molecular formula is C13H18N2O3. The molecule has 1 aliphatic heterocycles. The van der Waals surface area contributed by atoms with Gasteiger partial charge in [0, 0.05) is 6.61 Å². The van der Waals surface area contributed by atoms with E-state index in [0.29, 0.717) is 17.9 Å². The molecule has 0 saturated carbocycles. The van der Waals surface area contributed by atoms with E-state index in [1.807, 2.05) is 0 Å². The second-order valence-corrected chi connectivity index (χ2v) is 4.78. The molecule has 3 N–H and O–H groups in total. The maximum atomic E-state index is 11.4. The van der Waals surface area contributed by atoms with E-state index in [2.05, 4.69) is 17.0 Å². The molecule has 1 fully saturated rings. The lowest BCUT2D eigenvalue weighted by Gasteiger charge is -2.26. The molecule has 1 atom stereocenters. The van der Waals surface area contributed by atoms with Gasteiger partial charge in [0.15, 0.2) is 0 Å². The molecule has 0 aliphatic carbocycles. The fourth-order valence-corrected chi connectivity index (χ4v) is 2.01. The summed E-state index contributed by atoms with van der Waals surface area (Å²) in [5.41, 5.74) is 7.64. The van der Waals surface area contributed by atoms with Crippen LogP contribution in [0.2, 0.25) is 0 Å². The number of carbonyl (C=O) groups excluding carboxylic acids is 1. The standard InChI is InChI=1S/C13H18N2O3/c1-13(5-6-18-8-13)15-11-4-3-9(7-10(11)14)12(16)17-2/h3-4,7,15H,5-6,8,14H2,1-2H3. The molecule has 1 saturated heterocycles. The van der Waals surface area contributed by atoms with Crippen LogP contribution in [-0.2, 0) is 9.47 Å². The normalized spacial score (nSPS) is 22.8. The molecule has 0 radical (unpaired) electrons. The molecular weight excluding hydrogens is 232 g/mol. The van der Waals surface area contributed by atoms with Crippen LogP contribution in [0.4, 0.5) is 11.4 Å². The molecule has 0 amide bonds. The topological polar surface area (TPSA) is 73.6 Å². The van der Waals surface area contributed by atoms with Crippen LogP contribution < -0.4 is 11.1 Å². The molecule has 0 aromatic heterocycles. The summed E-state index contributed by atoms with van der Waals surface area (Å²) in [5, 5.41) is 3.37. The van der Waals surface area contributed by atoms with E-state index < -0.39 is 0 Å². The second kappa shape index (κ2) is 4.86. The third-order valence-electron chi connectivity index (χ3n) is 3.13. The van der Waals surface area contributed by atoms with Crippen molar-refractivity contribution in [1.82, 2.24) is 0 Å². The van der Waals surface area contributed by atoms with Gasteiger partial charge in [-0.3, -0.25) is 0 Å². The summed E-state index contributed by atoms with van der Waals surface area (Å²) in [6.45, 7) is 3.50. The lowest BCUT2D eigenvalue weighted by atomic mass is 10.0. The van der Waals surface area contributed by atoms with Gasteiger partial charge in [0.2, 0.25) is 0 Å². The minimum absolute atomic E-state index is 0.0963. The number of rotatable bonds is 3. The highest BCUT2D eigenvalue weighted by atomic mass is 16.5. The van der Waals surface area contributed by atoms with E-state index in [1.54, 1.807) is 18.2 Å². The third kappa shape index (κ3) is 2.56. The molecule has 1 aromatic rings. The summed E-state index contributed by atoms with van der Waals surface area (Å²) < 4.78 is 10.0. The number of esters is 1. The lowest BCUT2D eigenvalue weighted by Crippen LogP contribution is -2.35. The highest BCUT2D eigenvalue weighted by Crippen LogP contribution is 2.28. The summed E-state index contributed by atoms with van der Waals surface area (Å²) in [7, 11) is 1.35. The summed E-state index contributed by atoms with van der Waals surface area (Å²) in [4.78, 5) is 11.4. The summed E-state index contributed by atoms with van der Waals surface area (Å²) in [5.74, 6) is -0.385. The van der Waals surface area contributed by atoms with E-state index in [-0.39, 0.29) is 11.5 Å². The van der Waals surface area contributed by atoms with Gasteiger partial charge < -0.3 is 20.5 Å². The Morgan fingerprint density at radius 1 is 1.56 bits per heavy atom. The van der Waals surface area contributed by atoms with Gasteiger partial charge in [0.25, 0.3) is 0 Å². The van der Waals surface area contributed by atoms with Gasteiger partial charge >= 0.3 is 5.97 Å². The molecule has 98 valence electrons. The Kier molecular flexibility index (Phi) is 3.43. The number of carbonyl (C=O) groups is 1. The largest absolute Gasteiger partial charge is 0.465 e. The predicted octanol–water partition coefficient (Wildman–Crippen LogP) is 1.65. The molecule has 0 spiro atoms. The molecule has 0 bridgehead atoms. The van der Waals surface area contributed by atoms with E-state index in [1.165, 1.54) is 7.11 Å². The Morgan fingerprint density at radius 3 is 2.89 bits per heavy atom. The van der Waals surface area contributed by atoms with Crippen molar-refractivity contribution < 1.29 is 14.3 Å². The average Bonchev–Trinajstić information content (AvgIpc) is 2.77. The van der Waals surface area contributed by atoms with E-state index in [9.17, 15) is 4.79 Å². The van der Waals surface area contributed by atoms with Crippen molar-refractivity contribution in [2.24, 2.45) is 0 Å². The Balaban J connectivity index is 2.17. The maximum Gasteiger partial charge on any atom is 0.337 e. The zero-order chi connectivity index (χ0) is 13.2. The van der Waals surface area contributed by atoms with Gasteiger partial charge in [0.1, 0.15) is 0 Å². The molecule has 5 nitrogen and oxygen atoms in total. The minimum atomic E-state index is -0.385. The van der Waals surface area contributed by atoms with Crippen LogP contribution in [0, 0.1) is 0 Å². The molecule has 5 heteroatoms. The first-order chi connectivity index (χ1) is 8.54. The Hall–Kier alpha value is -1.75. The van der Waals surface area contributed by atoms with Gasteiger partial charge in [0.05, 0.1) is 36.2 Å². The zero-order valence-corrected chi connectivity index (χ0v) is 10.7. The number of nitrogens with one attached hydrogen (secondary N) is 1. The van der Waals surface area contributed by atoms with Crippen molar-refractivity contribution >= 4 is 17.3 Å². The lowest BCUT2D eigenvalue weighted by molar-refractivity contribution is 0.0601. The number of hydrogen-bond donors (Lipinski definition) is 2. The molecule has 1 aromatic carbocycles. The number of anilines is 2. The van der Waals surface area contributed by atoms with Crippen molar-refractivity contribution in [3.8, 4) is 0 Å². The fraction of sp³-hybridized carbons (Fsp3) is 0.462. The van der Waals surface area contributed by atoms with Crippen LogP contribution in [0.25, 0.3) is 0 Å².